The van der Waals surface area contributed by atoms with E-state index in [1.54, 1.807) is 54.2 Å². The molecule has 0 N–H and O–H groups in total. The van der Waals surface area contributed by atoms with Crippen molar-refractivity contribution in [1.82, 2.24) is 19.6 Å². The molecule has 1 fully saturated rings. The summed E-state index contributed by atoms with van der Waals surface area (Å²) in [7, 11) is 6.23. The molecule has 1 atom stereocenters. The molecular weight excluding hydrogens is 448 g/mol. The van der Waals surface area contributed by atoms with Crippen LogP contribution in [-0.4, -0.2) is 65.6 Å². The first-order valence-corrected chi connectivity index (χ1v) is 11.2. The molecule has 2 heterocycles. The van der Waals surface area contributed by atoms with Crippen LogP contribution in [0.5, 0.6) is 11.5 Å². The second kappa shape index (κ2) is 9.61. The van der Waals surface area contributed by atoms with Gasteiger partial charge in [0.05, 0.1) is 31.5 Å². The number of carbonyl (C=O) groups is 3. The molecule has 0 radical (unpaired) electrons. The van der Waals surface area contributed by atoms with Crippen LogP contribution in [-0.2, 0) is 26.3 Å². The van der Waals surface area contributed by atoms with Crippen molar-refractivity contribution in [2.24, 2.45) is 0 Å². The van der Waals surface area contributed by atoms with Gasteiger partial charge in [-0.15, -0.1) is 0 Å². The Morgan fingerprint density at radius 3 is 2.57 bits per heavy atom. The van der Waals surface area contributed by atoms with E-state index in [4.69, 9.17) is 9.47 Å². The van der Waals surface area contributed by atoms with E-state index in [9.17, 15) is 14.4 Å². The average molecular weight is 477 g/mol. The number of benzene rings is 2. The van der Waals surface area contributed by atoms with Crippen LogP contribution >= 0.6 is 0 Å². The lowest BCUT2D eigenvalue weighted by Gasteiger charge is -2.29. The number of para-hydroxylation sites is 1. The number of likely N-dealkylation sites (tertiary alicyclic amines) is 1. The summed E-state index contributed by atoms with van der Waals surface area (Å²) in [6, 6.07) is 14.5. The van der Waals surface area contributed by atoms with Crippen molar-refractivity contribution >= 4 is 17.7 Å². The van der Waals surface area contributed by atoms with Crippen LogP contribution in [0.4, 0.5) is 0 Å². The summed E-state index contributed by atoms with van der Waals surface area (Å²) in [6.07, 6.45) is 3.29. The largest absolute Gasteiger partial charge is 0.497 e. The molecule has 1 aliphatic heterocycles. The first kappa shape index (κ1) is 24.0. The third-order valence-corrected chi connectivity index (χ3v) is 6.42. The molecule has 1 saturated heterocycles. The maximum absolute atomic E-state index is 13.4. The number of hydrogen-bond acceptors (Lipinski definition) is 6. The van der Waals surface area contributed by atoms with Crippen molar-refractivity contribution in [3.05, 3.63) is 72.1 Å². The molecule has 1 aliphatic rings. The minimum absolute atomic E-state index is 0.0872. The van der Waals surface area contributed by atoms with Gasteiger partial charge in [0.25, 0.3) is 0 Å². The molecule has 0 saturated carbocycles. The molecule has 0 aliphatic carbocycles. The van der Waals surface area contributed by atoms with Gasteiger partial charge in [-0.2, -0.15) is 5.10 Å². The van der Waals surface area contributed by atoms with E-state index in [-0.39, 0.29) is 24.7 Å². The zero-order valence-corrected chi connectivity index (χ0v) is 20.2. The van der Waals surface area contributed by atoms with Gasteiger partial charge in [0, 0.05) is 56.9 Å². The maximum atomic E-state index is 13.4. The van der Waals surface area contributed by atoms with E-state index < -0.39 is 11.3 Å². The monoisotopic (exact) mass is 476 g/mol. The SMILES string of the molecule is COc1cccc(-n2cc(CN(C)C(=O)CC3(c4ccccc4OC)CC(=O)N(C)C3=O)cn2)c1. The van der Waals surface area contributed by atoms with Gasteiger partial charge in [-0.3, -0.25) is 19.3 Å². The molecular formula is C26H28N4O5. The van der Waals surface area contributed by atoms with Crippen molar-refractivity contribution in [3.8, 4) is 17.2 Å². The molecule has 35 heavy (non-hydrogen) atoms. The Morgan fingerprint density at radius 1 is 1.11 bits per heavy atom. The highest BCUT2D eigenvalue weighted by atomic mass is 16.5. The molecule has 182 valence electrons. The number of amides is 3. The van der Waals surface area contributed by atoms with Crippen molar-refractivity contribution in [1.29, 1.82) is 0 Å². The predicted octanol–water partition coefficient (Wildman–Crippen LogP) is 2.56. The van der Waals surface area contributed by atoms with Crippen LogP contribution in [0.2, 0.25) is 0 Å². The minimum Gasteiger partial charge on any atom is -0.497 e. The van der Waals surface area contributed by atoms with Gasteiger partial charge in [-0.05, 0) is 18.2 Å². The predicted molar refractivity (Wildman–Crippen MR) is 128 cm³/mol. The fraction of sp³-hybridized carbons (Fsp3) is 0.308. The van der Waals surface area contributed by atoms with Crippen molar-refractivity contribution in [2.45, 2.75) is 24.8 Å². The number of carbonyl (C=O) groups excluding carboxylic acids is 3. The normalized spacial score (nSPS) is 17.5. The van der Waals surface area contributed by atoms with Crippen molar-refractivity contribution < 1.29 is 23.9 Å². The topological polar surface area (TPSA) is 94.0 Å². The number of rotatable bonds is 8. The van der Waals surface area contributed by atoms with Gasteiger partial charge in [0.2, 0.25) is 17.7 Å². The van der Waals surface area contributed by atoms with E-state index in [0.29, 0.717) is 23.6 Å². The zero-order chi connectivity index (χ0) is 25.2. The van der Waals surface area contributed by atoms with Crippen LogP contribution in [0.15, 0.2) is 60.9 Å². The van der Waals surface area contributed by atoms with Crippen LogP contribution in [0.3, 0.4) is 0 Å². The minimum atomic E-state index is -1.31. The van der Waals surface area contributed by atoms with Gasteiger partial charge in [0.15, 0.2) is 0 Å². The number of likely N-dealkylation sites (N-methyl/N-ethyl adjacent to an activating group) is 1. The Hall–Kier alpha value is -4.14. The third-order valence-electron chi connectivity index (χ3n) is 6.42. The Kier molecular flexibility index (Phi) is 6.59. The van der Waals surface area contributed by atoms with E-state index in [1.807, 2.05) is 30.5 Å². The number of hydrogen-bond donors (Lipinski definition) is 0. The smallest absolute Gasteiger partial charge is 0.240 e. The van der Waals surface area contributed by atoms with Gasteiger partial charge in [-0.1, -0.05) is 24.3 Å². The molecule has 4 rings (SSSR count). The van der Waals surface area contributed by atoms with Crippen LogP contribution < -0.4 is 9.47 Å². The Labute approximate surface area is 203 Å². The summed E-state index contributed by atoms with van der Waals surface area (Å²) in [5, 5.41) is 4.39. The summed E-state index contributed by atoms with van der Waals surface area (Å²) in [4.78, 5) is 41.8. The standard InChI is InChI=1S/C26H28N4O5/c1-28(16-18-15-27-30(17-18)19-8-7-9-20(12-19)34-3)23(31)13-26(14-24(32)29(2)25(26)33)21-10-5-6-11-22(21)35-4/h5-12,15,17H,13-14,16H2,1-4H3. The van der Waals surface area contributed by atoms with E-state index in [1.165, 1.54) is 14.2 Å². The lowest BCUT2D eigenvalue weighted by atomic mass is 9.75. The lowest BCUT2D eigenvalue weighted by Crippen LogP contribution is -2.41. The van der Waals surface area contributed by atoms with Gasteiger partial charge in [0.1, 0.15) is 11.5 Å². The molecule has 1 unspecified atom stereocenters. The number of nitrogens with zero attached hydrogens (tertiary/aromatic N) is 4. The summed E-state index contributed by atoms with van der Waals surface area (Å²) < 4.78 is 12.5. The van der Waals surface area contributed by atoms with Crippen molar-refractivity contribution in [3.63, 3.8) is 0 Å². The zero-order valence-electron chi connectivity index (χ0n) is 20.2. The number of aromatic nitrogens is 2. The van der Waals surface area contributed by atoms with Gasteiger partial charge >= 0.3 is 0 Å². The van der Waals surface area contributed by atoms with Crippen molar-refractivity contribution in [2.75, 3.05) is 28.3 Å². The van der Waals surface area contributed by atoms with E-state index in [2.05, 4.69) is 5.10 Å². The summed E-state index contributed by atoms with van der Waals surface area (Å²) in [5.74, 6) is 0.199. The molecule has 3 amide bonds. The Morgan fingerprint density at radius 2 is 1.89 bits per heavy atom. The van der Waals surface area contributed by atoms with Crippen LogP contribution in [0, 0.1) is 0 Å². The summed E-state index contributed by atoms with van der Waals surface area (Å²) in [5.41, 5.74) is 0.880. The Bertz CT molecular complexity index is 1270. The third kappa shape index (κ3) is 4.49. The molecule has 0 spiro atoms. The summed E-state index contributed by atoms with van der Waals surface area (Å²) >= 11 is 0. The fourth-order valence-electron chi connectivity index (χ4n) is 4.46. The van der Waals surface area contributed by atoms with Crippen LogP contribution in [0.25, 0.3) is 5.69 Å². The van der Waals surface area contributed by atoms with E-state index >= 15 is 0 Å². The molecule has 9 nitrogen and oxygen atoms in total. The quantitative estimate of drug-likeness (QED) is 0.464. The number of imide groups is 1. The fourth-order valence-corrected chi connectivity index (χ4v) is 4.46. The Balaban J connectivity index is 1.56. The lowest BCUT2D eigenvalue weighted by molar-refractivity contribution is -0.141. The molecule has 9 heteroatoms. The first-order chi connectivity index (χ1) is 16.8. The molecule has 3 aromatic rings. The number of ether oxygens (including phenoxy) is 2. The molecule has 2 aromatic carbocycles. The molecule has 0 bridgehead atoms. The number of methoxy groups -OCH3 is 2. The highest BCUT2D eigenvalue weighted by Crippen LogP contribution is 2.43. The molecule has 1 aromatic heterocycles. The van der Waals surface area contributed by atoms with Gasteiger partial charge in [-0.25, -0.2) is 4.68 Å². The second-order valence-electron chi connectivity index (χ2n) is 8.64. The van der Waals surface area contributed by atoms with E-state index in [0.717, 1.165) is 16.2 Å². The highest BCUT2D eigenvalue weighted by Gasteiger charge is 2.54. The van der Waals surface area contributed by atoms with Crippen LogP contribution in [0.1, 0.15) is 24.0 Å². The maximum Gasteiger partial charge on any atom is 0.240 e. The average Bonchev–Trinajstić information content (AvgIpc) is 3.43. The summed E-state index contributed by atoms with van der Waals surface area (Å²) in [6.45, 7) is 0.294. The second-order valence-corrected chi connectivity index (χ2v) is 8.64. The highest BCUT2D eigenvalue weighted by molar-refractivity contribution is 6.10. The first-order valence-electron chi connectivity index (χ1n) is 11.2. The van der Waals surface area contributed by atoms with Gasteiger partial charge < -0.3 is 14.4 Å².